The second kappa shape index (κ2) is 9.43. The minimum atomic E-state index is -2.37. The standard InChI is InChI=1S/C21H37N5P2Si/c1-24(2)28(25(3)4,26(5)6)22-27(23-29(7,8)9,20-16-12-10-13-17-20)21-18-14-11-15-19-21/h10-19H,1-9H3. The van der Waals surface area contributed by atoms with Gasteiger partial charge in [0.1, 0.15) is 7.21 Å². The van der Waals surface area contributed by atoms with Crippen molar-refractivity contribution in [2.45, 2.75) is 19.6 Å². The van der Waals surface area contributed by atoms with Crippen LogP contribution in [0.1, 0.15) is 0 Å². The van der Waals surface area contributed by atoms with Crippen LogP contribution < -0.4 is 10.6 Å². The Morgan fingerprint density at radius 3 is 1.24 bits per heavy atom. The fourth-order valence-corrected chi connectivity index (χ4v) is 16.3. The highest BCUT2D eigenvalue weighted by Gasteiger charge is 2.36. The molecule has 0 N–H and O–H groups in total. The van der Waals surface area contributed by atoms with Crippen LogP contribution in [0.4, 0.5) is 0 Å². The third kappa shape index (κ3) is 5.19. The maximum Gasteiger partial charge on any atom is 0.173 e. The summed E-state index contributed by atoms with van der Waals surface area (Å²) in [7, 11) is 6.48. The van der Waals surface area contributed by atoms with Crippen molar-refractivity contribution < 1.29 is 0 Å². The second-order valence-corrected chi connectivity index (χ2v) is 20.3. The van der Waals surface area contributed by atoms with E-state index in [1.54, 1.807) is 0 Å². The fourth-order valence-electron chi connectivity index (χ4n) is 3.58. The Bertz CT molecular complexity index is 832. The molecule has 0 fully saturated rings. The summed E-state index contributed by atoms with van der Waals surface area (Å²) in [4.78, 5) is 0. The molecule has 0 aromatic heterocycles. The number of rotatable bonds is 7. The molecule has 2 rings (SSSR count). The second-order valence-electron chi connectivity index (χ2n) is 8.71. The van der Waals surface area contributed by atoms with E-state index in [1.807, 2.05) is 0 Å². The van der Waals surface area contributed by atoms with Crippen molar-refractivity contribution in [1.29, 1.82) is 0 Å². The topological polar surface area (TPSA) is 34.4 Å². The highest BCUT2D eigenvalue weighted by Crippen LogP contribution is 2.65. The predicted molar refractivity (Wildman–Crippen MR) is 135 cm³/mol. The number of nitrogens with zero attached hydrogens (tertiary/aromatic N) is 5. The molecule has 5 nitrogen and oxygen atoms in total. The average Bonchev–Trinajstić information content (AvgIpc) is 2.64. The summed E-state index contributed by atoms with van der Waals surface area (Å²) in [6, 6.07) is 21.5. The summed E-state index contributed by atoms with van der Waals surface area (Å²) >= 11 is 0. The van der Waals surface area contributed by atoms with Crippen LogP contribution in [0.2, 0.25) is 19.6 Å². The molecule has 0 amide bonds. The minimum Gasteiger partial charge on any atom is -0.311 e. The first-order valence-corrected chi connectivity index (χ1v) is 16.6. The predicted octanol–water partition coefficient (Wildman–Crippen LogP) is 5.22. The van der Waals surface area contributed by atoms with Crippen molar-refractivity contribution in [3.8, 4) is 0 Å². The molecule has 0 atom stereocenters. The van der Waals surface area contributed by atoms with Gasteiger partial charge in [-0.1, -0.05) is 60.7 Å². The van der Waals surface area contributed by atoms with Crippen LogP contribution in [0.3, 0.4) is 0 Å². The van der Waals surface area contributed by atoms with E-state index in [4.69, 9.17) is 8.93 Å². The van der Waals surface area contributed by atoms with Crippen LogP contribution >= 0.6 is 14.7 Å². The minimum absolute atomic E-state index is 1.23. The molecule has 8 heteroatoms. The van der Waals surface area contributed by atoms with Crippen molar-refractivity contribution in [2.24, 2.45) is 8.93 Å². The van der Waals surface area contributed by atoms with Crippen molar-refractivity contribution >= 4 is 33.6 Å². The van der Waals surface area contributed by atoms with Crippen LogP contribution in [-0.2, 0) is 0 Å². The third-order valence-electron chi connectivity index (χ3n) is 4.54. The summed E-state index contributed by atoms with van der Waals surface area (Å²) in [5.41, 5.74) is 0. The van der Waals surface area contributed by atoms with Gasteiger partial charge in [-0.05, 0) is 61.9 Å². The van der Waals surface area contributed by atoms with Crippen LogP contribution in [0.5, 0.6) is 0 Å². The molecule has 0 bridgehead atoms. The molecule has 0 aliphatic rings. The molecular weight excluding hydrogens is 412 g/mol. The molecule has 0 radical (unpaired) electrons. The highest BCUT2D eigenvalue weighted by atomic mass is 31.2. The molecule has 2 aromatic carbocycles. The third-order valence-corrected chi connectivity index (χ3v) is 15.3. The Morgan fingerprint density at radius 1 is 0.621 bits per heavy atom. The maximum absolute atomic E-state index is 5.83. The van der Waals surface area contributed by atoms with Gasteiger partial charge in [-0.15, -0.1) is 0 Å². The van der Waals surface area contributed by atoms with E-state index in [2.05, 4.69) is 137 Å². The van der Waals surface area contributed by atoms with E-state index >= 15 is 0 Å². The molecule has 160 valence electrons. The number of hydrogen-bond donors (Lipinski definition) is 0. The summed E-state index contributed by atoms with van der Waals surface area (Å²) in [6.07, 6.45) is 0. The Balaban J connectivity index is 3.15. The van der Waals surface area contributed by atoms with Gasteiger partial charge in [0.05, 0.1) is 0 Å². The van der Waals surface area contributed by atoms with Crippen LogP contribution in [0.15, 0.2) is 69.6 Å². The molecular formula is C21H37N5P2Si. The van der Waals surface area contributed by atoms with E-state index in [0.717, 1.165) is 0 Å². The van der Waals surface area contributed by atoms with Crippen molar-refractivity contribution in [3.63, 3.8) is 0 Å². The lowest BCUT2D eigenvalue weighted by atomic mass is 10.4. The van der Waals surface area contributed by atoms with Gasteiger partial charge in [0, 0.05) is 10.6 Å². The van der Waals surface area contributed by atoms with Crippen LogP contribution in [-0.4, -0.2) is 64.5 Å². The van der Waals surface area contributed by atoms with Gasteiger partial charge in [-0.3, -0.25) is 14.0 Å². The quantitative estimate of drug-likeness (QED) is 0.429. The molecule has 0 aliphatic carbocycles. The van der Waals surface area contributed by atoms with E-state index in [9.17, 15) is 0 Å². The fraction of sp³-hybridized carbons (Fsp3) is 0.429. The maximum atomic E-state index is 5.83. The first-order valence-electron chi connectivity index (χ1n) is 9.88. The van der Waals surface area contributed by atoms with Gasteiger partial charge in [0.15, 0.2) is 15.7 Å². The van der Waals surface area contributed by atoms with E-state index in [0.29, 0.717) is 0 Å². The molecule has 29 heavy (non-hydrogen) atoms. The van der Waals surface area contributed by atoms with Crippen molar-refractivity contribution in [2.75, 3.05) is 42.3 Å². The van der Waals surface area contributed by atoms with E-state index in [1.165, 1.54) is 10.6 Å². The van der Waals surface area contributed by atoms with E-state index < -0.39 is 22.9 Å². The molecule has 0 saturated carbocycles. The Kier molecular flexibility index (Phi) is 7.89. The zero-order valence-corrected chi connectivity index (χ0v) is 22.2. The van der Waals surface area contributed by atoms with E-state index in [-0.39, 0.29) is 0 Å². The lowest BCUT2D eigenvalue weighted by molar-refractivity contribution is 0.475. The average molecular weight is 450 g/mol. The molecule has 0 aliphatic heterocycles. The lowest BCUT2D eigenvalue weighted by Crippen LogP contribution is -2.32. The van der Waals surface area contributed by atoms with Crippen LogP contribution in [0.25, 0.3) is 0 Å². The van der Waals surface area contributed by atoms with Gasteiger partial charge in [0.2, 0.25) is 0 Å². The Morgan fingerprint density at radius 2 is 0.966 bits per heavy atom. The van der Waals surface area contributed by atoms with Gasteiger partial charge < -0.3 is 4.41 Å². The molecule has 0 spiro atoms. The summed E-state index contributed by atoms with van der Waals surface area (Å²) in [5, 5.41) is 2.45. The molecule has 0 heterocycles. The highest BCUT2D eigenvalue weighted by molar-refractivity contribution is 7.84. The monoisotopic (exact) mass is 449 g/mol. The smallest absolute Gasteiger partial charge is 0.173 e. The molecule has 0 unspecified atom stereocenters. The Labute approximate surface area is 179 Å². The Hall–Kier alpha value is -1.00. The first-order chi connectivity index (χ1) is 13.5. The van der Waals surface area contributed by atoms with Crippen molar-refractivity contribution in [1.82, 2.24) is 14.0 Å². The molecule has 2 aromatic rings. The van der Waals surface area contributed by atoms with Gasteiger partial charge in [-0.25, -0.2) is 4.52 Å². The summed E-state index contributed by atoms with van der Waals surface area (Å²) in [5.74, 6) is 0. The summed E-state index contributed by atoms with van der Waals surface area (Å²) in [6.45, 7) is 6.93. The van der Waals surface area contributed by atoms with Gasteiger partial charge in [-0.2, -0.15) is 0 Å². The largest absolute Gasteiger partial charge is 0.311 e. The zero-order valence-electron chi connectivity index (χ0n) is 19.4. The van der Waals surface area contributed by atoms with Crippen LogP contribution in [0, 0.1) is 0 Å². The molecule has 0 saturated heterocycles. The SMILES string of the molecule is CN(C)P(=NP(=N[Si](C)(C)C)(c1ccccc1)c1ccccc1)(N(C)C)N(C)C. The first kappa shape index (κ1) is 24.3. The van der Waals surface area contributed by atoms with Crippen molar-refractivity contribution in [3.05, 3.63) is 60.7 Å². The normalized spacial score (nSPS) is 13.2. The lowest BCUT2D eigenvalue weighted by Gasteiger charge is -2.43. The zero-order chi connectivity index (χ0) is 21.9. The number of hydrogen-bond acceptors (Lipinski definition) is 1. The van der Waals surface area contributed by atoms with Gasteiger partial charge >= 0.3 is 0 Å². The number of benzene rings is 2. The summed E-state index contributed by atoms with van der Waals surface area (Å²) < 4.78 is 18.3. The van der Waals surface area contributed by atoms with Gasteiger partial charge in [0.25, 0.3) is 0 Å².